The number of imidazole rings is 1. The number of nitrogens with two attached hydrogens (primary N) is 1. The number of aromatic nitrogens is 4. The highest BCUT2D eigenvalue weighted by Crippen LogP contribution is 2.20. The Morgan fingerprint density at radius 2 is 2.10 bits per heavy atom. The van der Waals surface area contributed by atoms with Gasteiger partial charge < -0.3 is 10.5 Å². The average Bonchev–Trinajstić information content (AvgIpc) is 2.89. The molecular formula is C15H19N5O. The number of hydrogen-bond donors (Lipinski definition) is 1. The van der Waals surface area contributed by atoms with E-state index in [1.165, 1.54) is 5.56 Å². The molecule has 2 aromatic heterocycles. The Morgan fingerprint density at radius 1 is 1.29 bits per heavy atom. The molecule has 0 unspecified atom stereocenters. The van der Waals surface area contributed by atoms with Crippen LogP contribution in [0.5, 0.6) is 5.75 Å². The minimum Gasteiger partial charge on any atom is -0.492 e. The lowest BCUT2D eigenvalue weighted by molar-refractivity contribution is 0.300. The summed E-state index contributed by atoms with van der Waals surface area (Å²) >= 11 is 0. The summed E-state index contributed by atoms with van der Waals surface area (Å²) in [6.07, 6.45) is 0. The van der Waals surface area contributed by atoms with Gasteiger partial charge >= 0.3 is 0 Å². The van der Waals surface area contributed by atoms with Crippen molar-refractivity contribution in [1.82, 2.24) is 19.3 Å². The number of nitrogens with zero attached hydrogens (tertiary/aromatic N) is 4. The zero-order chi connectivity index (χ0) is 15.0. The lowest BCUT2D eigenvalue weighted by Gasteiger charge is -2.09. The second-order valence-corrected chi connectivity index (χ2v) is 5.17. The van der Waals surface area contributed by atoms with Gasteiger partial charge in [0.1, 0.15) is 17.9 Å². The minimum atomic E-state index is 0.494. The molecule has 3 rings (SSSR count). The molecule has 21 heavy (non-hydrogen) atoms. The lowest BCUT2D eigenvalue weighted by atomic mass is 10.2. The molecule has 0 atom stereocenters. The van der Waals surface area contributed by atoms with Crippen molar-refractivity contribution in [2.24, 2.45) is 7.05 Å². The van der Waals surface area contributed by atoms with E-state index < -0.39 is 0 Å². The van der Waals surface area contributed by atoms with Crippen LogP contribution in [0.15, 0.2) is 24.3 Å². The highest BCUT2D eigenvalue weighted by Gasteiger charge is 2.15. The van der Waals surface area contributed by atoms with E-state index in [4.69, 9.17) is 10.5 Å². The Kier molecular flexibility index (Phi) is 3.29. The molecule has 2 heterocycles. The Balaban J connectivity index is 1.78. The number of nitrogen functional groups attached to an aromatic ring is 1. The normalized spacial score (nSPS) is 11.2. The van der Waals surface area contributed by atoms with Crippen molar-refractivity contribution >= 4 is 17.1 Å². The molecule has 2 N–H and O–H groups in total. The van der Waals surface area contributed by atoms with Gasteiger partial charge in [0.25, 0.3) is 0 Å². The third-order valence-electron chi connectivity index (χ3n) is 3.49. The van der Waals surface area contributed by atoms with Crippen LogP contribution in [0.3, 0.4) is 0 Å². The number of rotatable bonds is 4. The van der Waals surface area contributed by atoms with E-state index in [-0.39, 0.29) is 0 Å². The van der Waals surface area contributed by atoms with Crippen LogP contribution in [0.1, 0.15) is 11.3 Å². The topological polar surface area (TPSA) is 70.9 Å². The third-order valence-corrected chi connectivity index (χ3v) is 3.49. The highest BCUT2D eigenvalue weighted by atomic mass is 16.5. The van der Waals surface area contributed by atoms with E-state index in [0.29, 0.717) is 19.1 Å². The van der Waals surface area contributed by atoms with Crippen LogP contribution in [-0.2, 0) is 13.6 Å². The molecule has 0 aliphatic heterocycles. The molecule has 1 aromatic carbocycles. The molecule has 6 heteroatoms. The fourth-order valence-corrected chi connectivity index (χ4v) is 2.53. The van der Waals surface area contributed by atoms with Crippen molar-refractivity contribution in [2.75, 3.05) is 12.3 Å². The van der Waals surface area contributed by atoms with Crippen LogP contribution in [0.4, 0.5) is 5.95 Å². The summed E-state index contributed by atoms with van der Waals surface area (Å²) < 4.78 is 9.52. The first-order chi connectivity index (χ1) is 10.1. The predicted octanol–water partition coefficient (Wildman–Crippen LogP) is 2.05. The molecule has 0 amide bonds. The molecule has 0 fully saturated rings. The van der Waals surface area contributed by atoms with Gasteiger partial charge in [-0.2, -0.15) is 5.10 Å². The van der Waals surface area contributed by atoms with Crippen molar-refractivity contribution in [3.8, 4) is 5.75 Å². The summed E-state index contributed by atoms with van der Waals surface area (Å²) in [6, 6.07) is 8.00. The minimum absolute atomic E-state index is 0.494. The van der Waals surface area contributed by atoms with Crippen LogP contribution in [-0.4, -0.2) is 25.9 Å². The molecule has 0 saturated carbocycles. The Bertz CT molecular complexity index is 787. The molecule has 0 spiro atoms. The summed E-state index contributed by atoms with van der Waals surface area (Å²) in [4.78, 5) is 4.38. The number of benzene rings is 1. The number of aryl methyl sites for hydroxylation is 3. The second kappa shape index (κ2) is 5.12. The second-order valence-electron chi connectivity index (χ2n) is 5.17. The molecular weight excluding hydrogens is 266 g/mol. The molecule has 0 aliphatic rings. The fraction of sp³-hybridized carbons (Fsp3) is 0.333. The summed E-state index contributed by atoms with van der Waals surface area (Å²) in [6.45, 7) is 5.14. The van der Waals surface area contributed by atoms with Crippen LogP contribution in [0.25, 0.3) is 11.2 Å². The van der Waals surface area contributed by atoms with E-state index >= 15 is 0 Å². The van der Waals surface area contributed by atoms with Gasteiger partial charge in [-0.25, -0.2) is 4.98 Å². The van der Waals surface area contributed by atoms with Crippen LogP contribution < -0.4 is 10.5 Å². The van der Waals surface area contributed by atoms with Gasteiger partial charge in [0.2, 0.25) is 5.95 Å². The van der Waals surface area contributed by atoms with E-state index in [2.05, 4.69) is 10.1 Å². The van der Waals surface area contributed by atoms with Crippen molar-refractivity contribution < 1.29 is 4.74 Å². The largest absolute Gasteiger partial charge is 0.492 e. The Morgan fingerprint density at radius 3 is 2.86 bits per heavy atom. The first-order valence-electron chi connectivity index (χ1n) is 6.91. The van der Waals surface area contributed by atoms with Crippen LogP contribution in [0.2, 0.25) is 0 Å². The summed E-state index contributed by atoms with van der Waals surface area (Å²) in [5.74, 6) is 1.36. The lowest BCUT2D eigenvalue weighted by Crippen LogP contribution is -2.12. The van der Waals surface area contributed by atoms with Gasteiger partial charge in [-0.3, -0.25) is 9.25 Å². The quantitative estimate of drug-likeness (QED) is 0.796. The van der Waals surface area contributed by atoms with Gasteiger partial charge in [-0.05, 0) is 31.5 Å². The highest BCUT2D eigenvalue weighted by molar-refractivity contribution is 5.77. The van der Waals surface area contributed by atoms with E-state index in [9.17, 15) is 0 Å². The van der Waals surface area contributed by atoms with Crippen LogP contribution in [0, 0.1) is 13.8 Å². The van der Waals surface area contributed by atoms with Gasteiger partial charge in [0.05, 0.1) is 12.2 Å². The first-order valence-corrected chi connectivity index (χ1v) is 6.91. The summed E-state index contributed by atoms with van der Waals surface area (Å²) in [5.41, 5.74) is 9.84. The van der Waals surface area contributed by atoms with Gasteiger partial charge in [-0.15, -0.1) is 0 Å². The third kappa shape index (κ3) is 2.44. The summed E-state index contributed by atoms with van der Waals surface area (Å²) in [5, 5.41) is 4.37. The fourth-order valence-electron chi connectivity index (χ4n) is 2.53. The van der Waals surface area contributed by atoms with Crippen molar-refractivity contribution in [3.63, 3.8) is 0 Å². The van der Waals surface area contributed by atoms with Crippen LogP contribution >= 0.6 is 0 Å². The van der Waals surface area contributed by atoms with Crippen molar-refractivity contribution in [3.05, 3.63) is 35.5 Å². The number of fused-ring (bicyclic) bond motifs is 1. The van der Waals surface area contributed by atoms with Crippen molar-refractivity contribution in [2.45, 2.75) is 20.4 Å². The molecule has 3 aromatic rings. The maximum Gasteiger partial charge on any atom is 0.202 e. The molecule has 0 bridgehead atoms. The zero-order valence-electron chi connectivity index (χ0n) is 12.5. The summed E-state index contributed by atoms with van der Waals surface area (Å²) in [7, 11) is 1.90. The smallest absolute Gasteiger partial charge is 0.202 e. The predicted molar refractivity (Wildman–Crippen MR) is 82.3 cm³/mol. The Labute approximate surface area is 123 Å². The first kappa shape index (κ1) is 13.5. The van der Waals surface area contributed by atoms with E-state index in [1.807, 2.05) is 49.7 Å². The van der Waals surface area contributed by atoms with Gasteiger partial charge in [-0.1, -0.05) is 12.1 Å². The van der Waals surface area contributed by atoms with Crippen molar-refractivity contribution in [1.29, 1.82) is 0 Å². The molecule has 0 radical (unpaired) electrons. The zero-order valence-corrected chi connectivity index (χ0v) is 12.5. The number of anilines is 1. The molecule has 0 aliphatic carbocycles. The Hall–Kier alpha value is -2.50. The van der Waals surface area contributed by atoms with E-state index in [1.54, 1.807) is 4.68 Å². The molecule has 0 saturated heterocycles. The van der Waals surface area contributed by atoms with Gasteiger partial charge in [0, 0.05) is 7.05 Å². The van der Waals surface area contributed by atoms with Gasteiger partial charge in [0.15, 0.2) is 5.65 Å². The standard InChI is InChI=1S/C15H19N5O/c1-10-5-4-6-12(9-10)21-8-7-20-14-13(17-15(20)16)11(2)18-19(14)3/h4-6,9H,7-8H2,1-3H3,(H2,16,17). The molecule has 6 nitrogen and oxygen atoms in total. The maximum atomic E-state index is 5.99. The maximum absolute atomic E-state index is 5.99. The average molecular weight is 285 g/mol. The SMILES string of the molecule is Cc1cccc(OCCn2c(N)nc3c(C)nn(C)c32)c1. The monoisotopic (exact) mass is 285 g/mol. The van der Waals surface area contributed by atoms with E-state index in [0.717, 1.165) is 22.6 Å². The molecule has 110 valence electrons. The number of hydrogen-bond acceptors (Lipinski definition) is 4. The number of ether oxygens (including phenoxy) is 1.